The number of hydrogen-bond acceptors (Lipinski definition) is 3. The molecular weight excluding hydrogens is 310 g/mol. The third-order valence-corrected chi connectivity index (χ3v) is 4.17. The summed E-state index contributed by atoms with van der Waals surface area (Å²) in [6, 6.07) is 10.4. The molecule has 1 atom stereocenters. The lowest BCUT2D eigenvalue weighted by Crippen LogP contribution is -2.14. The van der Waals surface area contributed by atoms with Gasteiger partial charge >= 0.3 is 0 Å². The zero-order valence-corrected chi connectivity index (χ0v) is 16.2. The number of hydrogen-bond donors (Lipinski definition) is 0. The number of aliphatic imine (C=N–C) groups is 1. The summed E-state index contributed by atoms with van der Waals surface area (Å²) in [5, 5.41) is 0. The van der Waals surface area contributed by atoms with Crippen molar-refractivity contribution in [2.45, 2.75) is 47.1 Å². The molecule has 134 valence electrons. The standard InChI is InChI=1S/C21H29N3O/c1-7-20(18-12-15(3)11-16(4)13-18)25-21-10-9-19(17(5)23-21)22-14-24(6)8-2/h9-14,20H,7-8H2,1-6H3. The first kappa shape index (κ1) is 19.0. The molecule has 0 saturated carbocycles. The summed E-state index contributed by atoms with van der Waals surface area (Å²) in [5.74, 6) is 0.645. The Morgan fingerprint density at radius 1 is 1.12 bits per heavy atom. The second-order valence-electron chi connectivity index (χ2n) is 6.51. The van der Waals surface area contributed by atoms with Crippen molar-refractivity contribution in [3.63, 3.8) is 0 Å². The van der Waals surface area contributed by atoms with Gasteiger partial charge in [0.25, 0.3) is 0 Å². The fraction of sp³-hybridized carbons (Fsp3) is 0.429. The van der Waals surface area contributed by atoms with Crippen LogP contribution in [-0.2, 0) is 0 Å². The Hall–Kier alpha value is -2.36. The van der Waals surface area contributed by atoms with Crippen molar-refractivity contribution in [1.82, 2.24) is 9.88 Å². The van der Waals surface area contributed by atoms with Crippen LogP contribution in [0.25, 0.3) is 0 Å². The summed E-state index contributed by atoms with van der Waals surface area (Å²) in [7, 11) is 2.00. The van der Waals surface area contributed by atoms with E-state index in [1.165, 1.54) is 16.7 Å². The van der Waals surface area contributed by atoms with E-state index in [9.17, 15) is 0 Å². The predicted octanol–water partition coefficient (Wildman–Crippen LogP) is 5.15. The normalized spacial score (nSPS) is 12.4. The summed E-state index contributed by atoms with van der Waals surface area (Å²) in [6.45, 7) is 11.3. The molecule has 0 spiro atoms. The van der Waals surface area contributed by atoms with Gasteiger partial charge in [-0.3, -0.25) is 0 Å². The van der Waals surface area contributed by atoms with Crippen LogP contribution in [0.15, 0.2) is 35.3 Å². The van der Waals surface area contributed by atoms with Crippen molar-refractivity contribution in [3.8, 4) is 5.88 Å². The van der Waals surface area contributed by atoms with E-state index in [0.29, 0.717) is 5.88 Å². The van der Waals surface area contributed by atoms with Crippen molar-refractivity contribution in [2.24, 2.45) is 4.99 Å². The van der Waals surface area contributed by atoms with Crippen LogP contribution in [0.5, 0.6) is 5.88 Å². The molecule has 0 saturated heterocycles. The van der Waals surface area contributed by atoms with Crippen LogP contribution in [0.1, 0.15) is 48.8 Å². The Balaban J connectivity index is 2.18. The van der Waals surface area contributed by atoms with Gasteiger partial charge in [-0.05, 0) is 45.7 Å². The minimum Gasteiger partial charge on any atom is -0.469 e. The van der Waals surface area contributed by atoms with Gasteiger partial charge in [0.15, 0.2) is 0 Å². The van der Waals surface area contributed by atoms with Gasteiger partial charge in [-0.15, -0.1) is 0 Å². The first-order valence-corrected chi connectivity index (χ1v) is 8.89. The number of aryl methyl sites for hydroxylation is 3. The monoisotopic (exact) mass is 339 g/mol. The Morgan fingerprint density at radius 3 is 2.36 bits per heavy atom. The van der Waals surface area contributed by atoms with Gasteiger partial charge in [-0.25, -0.2) is 9.98 Å². The molecule has 2 aromatic rings. The molecule has 0 aliphatic rings. The molecule has 0 aliphatic carbocycles. The number of aromatic nitrogens is 1. The first-order chi connectivity index (χ1) is 11.9. The van der Waals surface area contributed by atoms with Gasteiger partial charge < -0.3 is 9.64 Å². The number of benzene rings is 1. The smallest absolute Gasteiger partial charge is 0.214 e. The number of ether oxygens (including phenoxy) is 1. The van der Waals surface area contributed by atoms with Gasteiger partial charge in [0.2, 0.25) is 5.88 Å². The summed E-state index contributed by atoms with van der Waals surface area (Å²) < 4.78 is 6.17. The Kier molecular flexibility index (Phi) is 6.57. The molecule has 1 unspecified atom stereocenters. The second-order valence-corrected chi connectivity index (χ2v) is 6.51. The number of rotatable bonds is 7. The largest absolute Gasteiger partial charge is 0.469 e. The van der Waals surface area contributed by atoms with E-state index < -0.39 is 0 Å². The van der Waals surface area contributed by atoms with E-state index in [-0.39, 0.29) is 6.10 Å². The van der Waals surface area contributed by atoms with E-state index >= 15 is 0 Å². The molecule has 25 heavy (non-hydrogen) atoms. The topological polar surface area (TPSA) is 37.7 Å². The summed E-state index contributed by atoms with van der Waals surface area (Å²) in [4.78, 5) is 11.1. The lowest BCUT2D eigenvalue weighted by atomic mass is 10.0. The minimum atomic E-state index is 0.00563. The first-order valence-electron chi connectivity index (χ1n) is 8.89. The minimum absolute atomic E-state index is 0.00563. The van der Waals surface area contributed by atoms with Crippen LogP contribution in [0, 0.1) is 20.8 Å². The predicted molar refractivity (Wildman–Crippen MR) is 105 cm³/mol. The van der Waals surface area contributed by atoms with E-state index in [1.54, 1.807) is 0 Å². The molecular formula is C21H29N3O. The summed E-state index contributed by atoms with van der Waals surface area (Å²) in [5.41, 5.74) is 5.45. The molecule has 1 heterocycles. The maximum Gasteiger partial charge on any atom is 0.214 e. The van der Waals surface area contributed by atoms with Crippen LogP contribution in [-0.4, -0.2) is 29.8 Å². The van der Waals surface area contributed by atoms with Crippen LogP contribution in [0.4, 0.5) is 5.69 Å². The van der Waals surface area contributed by atoms with Crippen molar-refractivity contribution < 1.29 is 4.74 Å². The Bertz CT molecular complexity index is 720. The zero-order valence-electron chi connectivity index (χ0n) is 16.2. The summed E-state index contributed by atoms with van der Waals surface area (Å²) in [6.07, 6.45) is 2.73. The lowest BCUT2D eigenvalue weighted by Gasteiger charge is -2.19. The van der Waals surface area contributed by atoms with E-state index in [1.807, 2.05) is 37.3 Å². The van der Waals surface area contributed by atoms with E-state index in [4.69, 9.17) is 4.74 Å². The van der Waals surface area contributed by atoms with Crippen molar-refractivity contribution in [3.05, 3.63) is 52.7 Å². The van der Waals surface area contributed by atoms with Crippen LogP contribution < -0.4 is 4.74 Å². The van der Waals surface area contributed by atoms with Gasteiger partial charge in [0.1, 0.15) is 6.10 Å². The Labute approximate surface area is 151 Å². The van der Waals surface area contributed by atoms with Crippen molar-refractivity contribution in [1.29, 1.82) is 0 Å². The zero-order chi connectivity index (χ0) is 18.4. The maximum absolute atomic E-state index is 6.17. The maximum atomic E-state index is 6.17. The number of pyridine rings is 1. The van der Waals surface area contributed by atoms with Gasteiger partial charge in [0.05, 0.1) is 17.7 Å². The quantitative estimate of drug-likeness (QED) is 0.517. The molecule has 0 bridgehead atoms. The molecule has 0 N–H and O–H groups in total. The molecule has 1 aromatic heterocycles. The Morgan fingerprint density at radius 2 is 1.80 bits per heavy atom. The third kappa shape index (κ3) is 5.31. The SMILES string of the molecule is CCC(Oc1ccc(N=CN(C)CC)c(C)n1)c1cc(C)cc(C)c1. The lowest BCUT2D eigenvalue weighted by molar-refractivity contribution is 0.192. The molecule has 0 fully saturated rings. The summed E-state index contributed by atoms with van der Waals surface area (Å²) >= 11 is 0. The molecule has 2 rings (SSSR count). The molecule has 0 radical (unpaired) electrons. The average Bonchev–Trinajstić information content (AvgIpc) is 2.57. The van der Waals surface area contributed by atoms with Gasteiger partial charge in [-0.2, -0.15) is 0 Å². The number of nitrogens with zero attached hydrogens (tertiary/aromatic N) is 3. The van der Waals surface area contributed by atoms with Crippen molar-refractivity contribution in [2.75, 3.05) is 13.6 Å². The third-order valence-electron chi connectivity index (χ3n) is 4.17. The highest BCUT2D eigenvalue weighted by Gasteiger charge is 2.13. The molecule has 4 nitrogen and oxygen atoms in total. The van der Waals surface area contributed by atoms with Gasteiger partial charge in [-0.1, -0.05) is 36.2 Å². The molecule has 1 aromatic carbocycles. The van der Waals surface area contributed by atoms with E-state index in [2.05, 4.69) is 55.9 Å². The molecule has 0 aliphatic heterocycles. The highest BCUT2D eigenvalue weighted by atomic mass is 16.5. The van der Waals surface area contributed by atoms with Crippen LogP contribution >= 0.6 is 0 Å². The van der Waals surface area contributed by atoms with Crippen LogP contribution in [0.3, 0.4) is 0 Å². The molecule has 4 heteroatoms. The van der Waals surface area contributed by atoms with Crippen LogP contribution in [0.2, 0.25) is 0 Å². The van der Waals surface area contributed by atoms with Crippen molar-refractivity contribution >= 4 is 12.0 Å². The van der Waals surface area contributed by atoms with E-state index in [0.717, 1.165) is 24.3 Å². The fourth-order valence-electron chi connectivity index (χ4n) is 2.70. The highest BCUT2D eigenvalue weighted by Crippen LogP contribution is 2.27. The average molecular weight is 339 g/mol. The molecule has 0 amide bonds. The highest BCUT2D eigenvalue weighted by molar-refractivity contribution is 5.62. The van der Waals surface area contributed by atoms with Gasteiger partial charge in [0, 0.05) is 19.7 Å². The fourth-order valence-corrected chi connectivity index (χ4v) is 2.70. The second kappa shape index (κ2) is 8.65.